The van der Waals surface area contributed by atoms with Crippen LogP contribution in [0.1, 0.15) is 18.4 Å². The summed E-state index contributed by atoms with van der Waals surface area (Å²) in [7, 11) is 0. The number of alkyl halides is 3. The van der Waals surface area contributed by atoms with E-state index in [9.17, 15) is 18.0 Å². The van der Waals surface area contributed by atoms with Gasteiger partial charge in [0.1, 0.15) is 0 Å². The summed E-state index contributed by atoms with van der Waals surface area (Å²) in [6, 6.07) is 3.64. The second-order valence-corrected chi connectivity index (χ2v) is 4.48. The highest BCUT2D eigenvalue weighted by Crippen LogP contribution is 2.35. The summed E-state index contributed by atoms with van der Waals surface area (Å²) in [5.41, 5.74) is 4.49. The lowest BCUT2D eigenvalue weighted by atomic mass is 10.1. The van der Waals surface area contributed by atoms with E-state index in [2.05, 4.69) is 10.6 Å². The Balaban J connectivity index is 2.03. The second kappa shape index (κ2) is 4.99. The number of hydrogen-bond acceptors (Lipinski definition) is 3. The van der Waals surface area contributed by atoms with Gasteiger partial charge in [0.05, 0.1) is 5.56 Å². The molecule has 4 nitrogen and oxygen atoms in total. The minimum absolute atomic E-state index is 0.0277. The largest absolute Gasteiger partial charge is 0.418 e. The van der Waals surface area contributed by atoms with Crippen LogP contribution in [0, 0.1) is 0 Å². The number of nitrogen functional groups attached to an aromatic ring is 1. The molecule has 1 amide bonds. The Morgan fingerprint density at radius 1 is 1.42 bits per heavy atom. The molecule has 4 N–H and O–H groups in total. The predicted octanol–water partition coefficient (Wildman–Crippen LogP) is 1.98. The summed E-state index contributed by atoms with van der Waals surface area (Å²) < 4.78 is 38.0. The molecule has 1 aliphatic rings. The molecule has 1 aliphatic heterocycles. The van der Waals surface area contributed by atoms with Gasteiger partial charge in [-0.05, 0) is 24.6 Å². The van der Waals surface area contributed by atoms with Crippen LogP contribution in [0.5, 0.6) is 0 Å². The van der Waals surface area contributed by atoms with Crippen molar-refractivity contribution in [3.63, 3.8) is 0 Å². The van der Waals surface area contributed by atoms with Crippen LogP contribution in [-0.2, 0) is 11.0 Å². The van der Waals surface area contributed by atoms with Crippen LogP contribution in [0.15, 0.2) is 18.2 Å². The lowest BCUT2D eigenvalue weighted by molar-refractivity contribution is -0.136. The van der Waals surface area contributed by atoms with E-state index < -0.39 is 11.7 Å². The summed E-state index contributed by atoms with van der Waals surface area (Å²) in [5, 5.41) is 5.61. The highest BCUT2D eigenvalue weighted by atomic mass is 19.4. The highest BCUT2D eigenvalue weighted by molar-refractivity contribution is 5.78. The molecule has 1 atom stereocenters. The van der Waals surface area contributed by atoms with Crippen molar-refractivity contribution in [1.82, 2.24) is 5.32 Å². The van der Waals surface area contributed by atoms with E-state index in [0.717, 1.165) is 6.07 Å². The topological polar surface area (TPSA) is 67.1 Å². The van der Waals surface area contributed by atoms with E-state index in [0.29, 0.717) is 25.1 Å². The van der Waals surface area contributed by atoms with Crippen molar-refractivity contribution in [2.24, 2.45) is 0 Å². The average molecular weight is 273 g/mol. The van der Waals surface area contributed by atoms with E-state index in [1.54, 1.807) is 0 Å². The van der Waals surface area contributed by atoms with E-state index >= 15 is 0 Å². The minimum Gasteiger partial charge on any atom is -0.398 e. The number of halogens is 3. The Morgan fingerprint density at radius 2 is 2.16 bits per heavy atom. The van der Waals surface area contributed by atoms with E-state index in [1.807, 2.05) is 0 Å². The maximum atomic E-state index is 12.7. The van der Waals surface area contributed by atoms with Gasteiger partial charge < -0.3 is 16.4 Å². The lowest BCUT2D eigenvalue weighted by Gasteiger charge is -2.15. The second-order valence-electron chi connectivity index (χ2n) is 4.48. The quantitative estimate of drug-likeness (QED) is 0.738. The number of carbonyl (C=O) groups excluding carboxylic acids is 1. The van der Waals surface area contributed by atoms with Crippen LogP contribution in [0.2, 0.25) is 0 Å². The molecule has 0 radical (unpaired) electrons. The molecule has 1 saturated heterocycles. The molecule has 2 rings (SSSR count). The zero-order valence-electron chi connectivity index (χ0n) is 10.1. The number of nitrogens with two attached hydrogens (primary N) is 1. The van der Waals surface area contributed by atoms with Crippen molar-refractivity contribution in [1.29, 1.82) is 0 Å². The fourth-order valence-electron chi connectivity index (χ4n) is 1.98. The Kier molecular flexibility index (Phi) is 3.55. The van der Waals surface area contributed by atoms with Gasteiger partial charge in [-0.25, -0.2) is 0 Å². The Hall–Kier alpha value is -1.92. The van der Waals surface area contributed by atoms with Gasteiger partial charge in [0.15, 0.2) is 0 Å². The first-order chi connectivity index (χ1) is 8.86. The number of benzene rings is 1. The Morgan fingerprint density at radius 3 is 2.74 bits per heavy atom. The Labute approximate surface area is 108 Å². The van der Waals surface area contributed by atoms with Gasteiger partial charge in [0.2, 0.25) is 5.91 Å². The molecular formula is C12H14F3N3O. The van der Waals surface area contributed by atoms with Crippen LogP contribution < -0.4 is 16.4 Å². The van der Waals surface area contributed by atoms with Crippen LogP contribution >= 0.6 is 0 Å². The molecule has 1 heterocycles. The van der Waals surface area contributed by atoms with Crippen molar-refractivity contribution in [3.8, 4) is 0 Å². The molecule has 1 unspecified atom stereocenters. The molecule has 0 aromatic heterocycles. The monoisotopic (exact) mass is 273 g/mol. The van der Waals surface area contributed by atoms with Crippen molar-refractivity contribution in [2.75, 3.05) is 17.6 Å². The highest BCUT2D eigenvalue weighted by Gasteiger charge is 2.33. The normalized spacial score (nSPS) is 19.3. The molecule has 0 bridgehead atoms. The number of anilines is 2. The minimum atomic E-state index is -4.47. The summed E-state index contributed by atoms with van der Waals surface area (Å²) in [4.78, 5) is 11.0. The molecular weight excluding hydrogens is 259 g/mol. The molecule has 19 heavy (non-hydrogen) atoms. The maximum Gasteiger partial charge on any atom is 0.418 e. The van der Waals surface area contributed by atoms with Crippen LogP contribution in [0.25, 0.3) is 0 Å². The van der Waals surface area contributed by atoms with Gasteiger partial charge in [-0.2, -0.15) is 13.2 Å². The van der Waals surface area contributed by atoms with E-state index in [-0.39, 0.29) is 17.6 Å². The average Bonchev–Trinajstić information content (AvgIpc) is 2.72. The molecule has 1 fully saturated rings. The SMILES string of the molecule is Nc1ccc(NCC2CCC(=O)N2)cc1C(F)(F)F. The molecule has 0 saturated carbocycles. The van der Waals surface area contributed by atoms with Gasteiger partial charge in [0.25, 0.3) is 0 Å². The van der Waals surface area contributed by atoms with Crippen LogP contribution in [-0.4, -0.2) is 18.5 Å². The number of hydrogen-bond donors (Lipinski definition) is 3. The lowest BCUT2D eigenvalue weighted by Crippen LogP contribution is -2.31. The molecule has 104 valence electrons. The molecule has 0 aliphatic carbocycles. The molecule has 0 spiro atoms. The summed E-state index contributed by atoms with van der Waals surface area (Å²) in [6.07, 6.45) is -3.32. The summed E-state index contributed by atoms with van der Waals surface area (Å²) in [5.74, 6) is -0.0277. The van der Waals surface area contributed by atoms with E-state index in [1.165, 1.54) is 12.1 Å². The number of rotatable bonds is 3. The van der Waals surface area contributed by atoms with E-state index in [4.69, 9.17) is 5.73 Å². The van der Waals surface area contributed by atoms with Gasteiger partial charge in [-0.1, -0.05) is 0 Å². The molecule has 1 aromatic carbocycles. The number of carbonyl (C=O) groups is 1. The van der Waals surface area contributed by atoms with Crippen LogP contribution in [0.4, 0.5) is 24.5 Å². The standard InChI is InChI=1S/C12H14F3N3O/c13-12(14,15)9-5-7(1-3-10(9)16)17-6-8-2-4-11(19)18-8/h1,3,5,8,17H,2,4,6,16H2,(H,18,19). The number of amides is 1. The van der Waals surface area contributed by atoms with Crippen LogP contribution in [0.3, 0.4) is 0 Å². The zero-order valence-corrected chi connectivity index (χ0v) is 10.1. The first kappa shape index (κ1) is 13.5. The van der Waals surface area contributed by atoms with Gasteiger partial charge >= 0.3 is 6.18 Å². The first-order valence-corrected chi connectivity index (χ1v) is 5.86. The first-order valence-electron chi connectivity index (χ1n) is 5.86. The predicted molar refractivity (Wildman–Crippen MR) is 65.5 cm³/mol. The van der Waals surface area contributed by atoms with Crippen molar-refractivity contribution in [3.05, 3.63) is 23.8 Å². The fourth-order valence-corrected chi connectivity index (χ4v) is 1.98. The third-order valence-corrected chi connectivity index (χ3v) is 3.00. The van der Waals surface area contributed by atoms with Gasteiger partial charge in [0, 0.05) is 30.4 Å². The number of nitrogens with one attached hydrogen (secondary N) is 2. The summed E-state index contributed by atoms with van der Waals surface area (Å²) >= 11 is 0. The smallest absolute Gasteiger partial charge is 0.398 e. The Bertz CT molecular complexity index is 488. The fraction of sp³-hybridized carbons (Fsp3) is 0.417. The van der Waals surface area contributed by atoms with Gasteiger partial charge in [-0.3, -0.25) is 4.79 Å². The summed E-state index contributed by atoms with van der Waals surface area (Å²) in [6.45, 7) is 0.396. The van der Waals surface area contributed by atoms with Crippen molar-refractivity contribution >= 4 is 17.3 Å². The third-order valence-electron chi connectivity index (χ3n) is 3.00. The van der Waals surface area contributed by atoms with Gasteiger partial charge in [-0.15, -0.1) is 0 Å². The molecule has 1 aromatic rings. The maximum absolute atomic E-state index is 12.7. The zero-order chi connectivity index (χ0) is 14.0. The third kappa shape index (κ3) is 3.30. The van der Waals surface area contributed by atoms with Crippen molar-refractivity contribution in [2.45, 2.75) is 25.1 Å². The van der Waals surface area contributed by atoms with Crippen molar-refractivity contribution < 1.29 is 18.0 Å². The molecule has 7 heteroatoms.